The van der Waals surface area contributed by atoms with Crippen LogP contribution in [0.25, 0.3) is 0 Å². The van der Waals surface area contributed by atoms with Crippen molar-refractivity contribution in [3.63, 3.8) is 0 Å². The summed E-state index contributed by atoms with van der Waals surface area (Å²) in [5.41, 5.74) is 0. The second-order valence-corrected chi connectivity index (χ2v) is 5.93. The molecule has 0 radical (unpaired) electrons. The predicted molar refractivity (Wildman–Crippen MR) is 74.6 cm³/mol. The van der Waals surface area contributed by atoms with E-state index in [4.69, 9.17) is 4.74 Å². The molecule has 0 aromatic carbocycles. The van der Waals surface area contributed by atoms with Crippen LogP contribution in [0.2, 0.25) is 0 Å². The Morgan fingerprint density at radius 2 is 2.09 bits per heavy atom. The van der Waals surface area contributed by atoms with E-state index in [1.54, 1.807) is 12.0 Å². The lowest BCUT2D eigenvalue weighted by molar-refractivity contribution is -0.138. The zero-order valence-electron chi connectivity index (χ0n) is 12.0. The Labute approximate surface area is 129 Å². The van der Waals surface area contributed by atoms with Crippen LogP contribution in [0.15, 0.2) is 0 Å². The van der Waals surface area contributed by atoms with Crippen LogP contribution in [0.1, 0.15) is 24.3 Å². The van der Waals surface area contributed by atoms with Crippen molar-refractivity contribution in [2.75, 3.05) is 32.1 Å². The summed E-state index contributed by atoms with van der Waals surface area (Å²) in [4.78, 5) is 13.6. The third-order valence-electron chi connectivity index (χ3n) is 3.36. The Morgan fingerprint density at radius 1 is 1.41 bits per heavy atom. The van der Waals surface area contributed by atoms with Crippen molar-refractivity contribution < 1.29 is 22.7 Å². The molecule has 1 fully saturated rings. The molecule has 1 amide bonds. The van der Waals surface area contributed by atoms with E-state index in [9.17, 15) is 18.0 Å². The van der Waals surface area contributed by atoms with Crippen molar-refractivity contribution in [2.45, 2.75) is 31.5 Å². The minimum atomic E-state index is -4.46. The number of aromatic nitrogens is 2. The van der Waals surface area contributed by atoms with E-state index in [1.807, 2.05) is 0 Å². The Morgan fingerprint density at radius 3 is 2.64 bits per heavy atom. The van der Waals surface area contributed by atoms with Crippen LogP contribution in [0.3, 0.4) is 0 Å². The number of hydrogen-bond acceptors (Lipinski definition) is 6. The van der Waals surface area contributed by atoms with Gasteiger partial charge in [-0.25, -0.2) is 0 Å². The topological polar surface area (TPSA) is 67.3 Å². The molecule has 0 saturated carbocycles. The lowest BCUT2D eigenvalue weighted by Gasteiger charge is -2.32. The Bertz CT molecular complexity index is 501. The smallest absolute Gasteiger partial charge is 0.384 e. The van der Waals surface area contributed by atoms with E-state index >= 15 is 0 Å². The van der Waals surface area contributed by atoms with Crippen molar-refractivity contribution >= 4 is 22.4 Å². The monoisotopic (exact) mass is 338 g/mol. The maximum Gasteiger partial charge on any atom is 0.445 e. The van der Waals surface area contributed by atoms with Crippen molar-refractivity contribution in [2.24, 2.45) is 0 Å². The van der Waals surface area contributed by atoms with E-state index in [0.717, 1.165) is 0 Å². The summed E-state index contributed by atoms with van der Waals surface area (Å²) in [6.07, 6.45) is -2.78. The maximum atomic E-state index is 12.4. The average Bonchev–Trinajstić information content (AvgIpc) is 2.94. The first-order chi connectivity index (χ1) is 10.4. The highest BCUT2D eigenvalue weighted by molar-refractivity contribution is 7.15. The number of likely N-dealkylation sites (tertiary alicyclic amines) is 1. The standard InChI is InChI=1S/C12H17F3N4O2S/c1-21-7-4-9(20)19-5-2-8(3-6-19)16-11-18-17-10(22-11)12(13,14)15/h8H,2-7H2,1H3,(H,16,18). The van der Waals surface area contributed by atoms with Gasteiger partial charge in [0.1, 0.15) is 0 Å². The van der Waals surface area contributed by atoms with Gasteiger partial charge >= 0.3 is 6.18 Å². The van der Waals surface area contributed by atoms with Crippen molar-refractivity contribution in [1.29, 1.82) is 0 Å². The zero-order valence-corrected chi connectivity index (χ0v) is 12.8. The summed E-state index contributed by atoms with van der Waals surface area (Å²) in [6, 6.07) is 0.000471. The molecule has 10 heteroatoms. The Balaban J connectivity index is 1.80. The number of halogens is 3. The molecule has 1 saturated heterocycles. The molecule has 1 N–H and O–H groups in total. The summed E-state index contributed by atoms with van der Waals surface area (Å²) < 4.78 is 42.2. The molecule has 1 aliphatic rings. The molecule has 0 atom stereocenters. The summed E-state index contributed by atoms with van der Waals surface area (Å²) in [5, 5.41) is 8.81. The number of nitrogens with one attached hydrogen (secondary N) is 1. The van der Waals surface area contributed by atoms with Gasteiger partial charge in [-0.15, -0.1) is 10.2 Å². The molecule has 22 heavy (non-hydrogen) atoms. The van der Waals surface area contributed by atoms with Crippen LogP contribution in [0.4, 0.5) is 18.3 Å². The Hall–Kier alpha value is -1.42. The van der Waals surface area contributed by atoms with Gasteiger partial charge in [-0.1, -0.05) is 11.3 Å². The molecule has 0 aliphatic carbocycles. The van der Waals surface area contributed by atoms with Crippen LogP contribution in [0, 0.1) is 0 Å². The number of carbonyl (C=O) groups excluding carboxylic acids is 1. The van der Waals surface area contributed by atoms with Crippen LogP contribution >= 0.6 is 11.3 Å². The molecule has 124 valence electrons. The lowest BCUT2D eigenvalue weighted by Crippen LogP contribution is -2.42. The fraction of sp³-hybridized carbons (Fsp3) is 0.750. The molecule has 2 heterocycles. The lowest BCUT2D eigenvalue weighted by atomic mass is 10.1. The molecule has 0 bridgehead atoms. The number of alkyl halides is 3. The van der Waals surface area contributed by atoms with E-state index in [0.29, 0.717) is 50.3 Å². The average molecular weight is 338 g/mol. The second kappa shape index (κ2) is 7.23. The van der Waals surface area contributed by atoms with Crippen molar-refractivity contribution in [3.8, 4) is 0 Å². The number of amides is 1. The number of anilines is 1. The first-order valence-corrected chi connectivity index (χ1v) is 7.65. The highest BCUT2D eigenvalue weighted by Gasteiger charge is 2.36. The zero-order chi connectivity index (χ0) is 16.2. The summed E-state index contributed by atoms with van der Waals surface area (Å²) in [7, 11) is 1.54. The number of nitrogens with zero attached hydrogens (tertiary/aromatic N) is 3. The van der Waals surface area contributed by atoms with Gasteiger partial charge in [-0.2, -0.15) is 13.2 Å². The minimum Gasteiger partial charge on any atom is -0.384 e. The first kappa shape index (κ1) is 16.9. The Kier molecular flexibility index (Phi) is 5.57. The number of rotatable bonds is 5. The number of carbonyl (C=O) groups is 1. The minimum absolute atomic E-state index is 0.000471. The van der Waals surface area contributed by atoms with Crippen LogP contribution < -0.4 is 5.32 Å². The molecular formula is C12H17F3N4O2S. The van der Waals surface area contributed by atoms with Crippen molar-refractivity contribution in [3.05, 3.63) is 5.01 Å². The summed E-state index contributed by atoms with van der Waals surface area (Å²) in [5.74, 6) is 0.0376. The molecular weight excluding hydrogens is 321 g/mol. The van der Waals surface area contributed by atoms with E-state index in [2.05, 4.69) is 15.5 Å². The maximum absolute atomic E-state index is 12.4. The molecule has 6 nitrogen and oxygen atoms in total. The van der Waals surface area contributed by atoms with Gasteiger partial charge in [0.25, 0.3) is 0 Å². The van der Waals surface area contributed by atoms with E-state index < -0.39 is 11.2 Å². The molecule has 0 spiro atoms. The van der Waals surface area contributed by atoms with Gasteiger partial charge in [0.15, 0.2) is 0 Å². The van der Waals surface area contributed by atoms with Gasteiger partial charge in [-0.05, 0) is 12.8 Å². The quantitative estimate of drug-likeness (QED) is 0.889. The van der Waals surface area contributed by atoms with Gasteiger partial charge in [0, 0.05) is 26.2 Å². The number of piperidine rings is 1. The molecule has 1 aromatic rings. The van der Waals surface area contributed by atoms with E-state index in [1.165, 1.54) is 0 Å². The molecule has 0 unspecified atom stereocenters. The fourth-order valence-corrected chi connectivity index (χ4v) is 2.88. The van der Waals surface area contributed by atoms with Crippen LogP contribution in [0.5, 0.6) is 0 Å². The molecule has 1 aliphatic heterocycles. The summed E-state index contributed by atoms with van der Waals surface area (Å²) in [6.45, 7) is 1.54. The van der Waals surface area contributed by atoms with Crippen LogP contribution in [-0.4, -0.2) is 53.9 Å². The highest BCUT2D eigenvalue weighted by Crippen LogP contribution is 2.33. The normalized spacial score (nSPS) is 16.8. The van der Waals surface area contributed by atoms with Gasteiger partial charge in [-0.3, -0.25) is 4.79 Å². The first-order valence-electron chi connectivity index (χ1n) is 6.84. The number of hydrogen-bond donors (Lipinski definition) is 1. The van der Waals surface area contributed by atoms with Crippen LogP contribution in [-0.2, 0) is 15.7 Å². The van der Waals surface area contributed by atoms with Gasteiger partial charge in [0.05, 0.1) is 13.0 Å². The third kappa shape index (κ3) is 4.54. The van der Waals surface area contributed by atoms with Gasteiger partial charge < -0.3 is 15.0 Å². The number of methoxy groups -OCH3 is 1. The highest BCUT2D eigenvalue weighted by atomic mass is 32.1. The second-order valence-electron chi connectivity index (χ2n) is 4.95. The SMILES string of the molecule is COCCC(=O)N1CCC(Nc2nnc(C(F)(F)F)s2)CC1. The molecule has 2 rings (SSSR count). The summed E-state index contributed by atoms with van der Waals surface area (Å²) >= 11 is 0.496. The van der Waals surface area contributed by atoms with Crippen molar-refractivity contribution in [1.82, 2.24) is 15.1 Å². The van der Waals surface area contributed by atoms with E-state index in [-0.39, 0.29) is 17.1 Å². The van der Waals surface area contributed by atoms with Gasteiger partial charge in [0.2, 0.25) is 16.0 Å². The number of ether oxygens (including phenoxy) is 1. The fourth-order valence-electron chi connectivity index (χ4n) is 2.19. The largest absolute Gasteiger partial charge is 0.445 e. The molecule has 1 aromatic heterocycles. The predicted octanol–water partition coefficient (Wildman–Crippen LogP) is 2.00. The third-order valence-corrected chi connectivity index (χ3v) is 4.26.